The Labute approximate surface area is 212 Å². The SMILES string of the molecule is CC.O=C(c1nn2c(C(F)(F)F)cc(C3CC3)cc2c1Cl)N1CC(=O)N(C2CC3CC3C2)C(CO)C1. The zero-order chi connectivity index (χ0) is 25.9. The summed E-state index contributed by atoms with van der Waals surface area (Å²) in [5.74, 6) is 0.370. The van der Waals surface area contributed by atoms with Gasteiger partial charge in [0.25, 0.3) is 5.91 Å². The first-order valence-electron chi connectivity index (χ1n) is 12.7. The molecule has 3 atom stereocenters. The molecule has 3 heterocycles. The smallest absolute Gasteiger partial charge is 0.394 e. The molecule has 4 aliphatic rings. The van der Waals surface area contributed by atoms with Crippen LogP contribution in [0.1, 0.15) is 73.6 Å². The van der Waals surface area contributed by atoms with E-state index in [1.807, 2.05) is 13.8 Å². The molecule has 0 radical (unpaired) electrons. The quantitative estimate of drug-likeness (QED) is 0.642. The largest absolute Gasteiger partial charge is 0.433 e. The Balaban J connectivity index is 0.00000130. The van der Waals surface area contributed by atoms with Gasteiger partial charge in [-0.15, -0.1) is 0 Å². The standard InChI is InChI=1S/C23H24ClF3N4O3.C2H6/c24-20-17-6-14(11-1-2-11)7-18(23(25,26)27)31(17)28-21(20)22(34)29-8-16(10-32)30(19(33)9-29)15-4-12-3-13(12)5-15;1-2/h6-7,11-13,15-16,32H,1-5,8-10H2;1-2H3. The molecule has 0 aromatic carbocycles. The number of aliphatic hydroxyl groups excluding tert-OH is 1. The number of halogens is 4. The van der Waals surface area contributed by atoms with Crippen LogP contribution in [0.2, 0.25) is 5.02 Å². The lowest BCUT2D eigenvalue weighted by Crippen LogP contribution is -2.61. The number of hydrogen-bond acceptors (Lipinski definition) is 4. The zero-order valence-electron chi connectivity index (χ0n) is 20.3. The second-order valence-corrected chi connectivity index (χ2v) is 10.5. The second-order valence-electron chi connectivity index (χ2n) is 10.1. The third-order valence-corrected chi connectivity index (χ3v) is 8.16. The highest BCUT2D eigenvalue weighted by Crippen LogP contribution is 2.53. The molecule has 0 spiro atoms. The van der Waals surface area contributed by atoms with E-state index in [4.69, 9.17) is 11.6 Å². The minimum Gasteiger partial charge on any atom is -0.394 e. The number of aromatic nitrogens is 2. The van der Waals surface area contributed by atoms with Crippen LogP contribution in [-0.4, -0.2) is 68.1 Å². The van der Waals surface area contributed by atoms with E-state index in [0.717, 1.165) is 31.7 Å². The van der Waals surface area contributed by atoms with E-state index in [1.165, 1.54) is 11.3 Å². The lowest BCUT2D eigenvalue weighted by Gasteiger charge is -2.43. The van der Waals surface area contributed by atoms with Gasteiger partial charge >= 0.3 is 6.18 Å². The predicted octanol–water partition coefficient (Wildman–Crippen LogP) is 4.35. The summed E-state index contributed by atoms with van der Waals surface area (Å²) in [4.78, 5) is 29.3. The van der Waals surface area contributed by atoms with Gasteiger partial charge in [0.05, 0.1) is 23.2 Å². The molecule has 6 rings (SSSR count). The lowest BCUT2D eigenvalue weighted by atomic mass is 10.0. The van der Waals surface area contributed by atoms with Crippen LogP contribution >= 0.6 is 11.6 Å². The third kappa shape index (κ3) is 4.36. The van der Waals surface area contributed by atoms with Gasteiger partial charge in [-0.1, -0.05) is 25.4 Å². The number of carbonyl (C=O) groups excluding carboxylic acids is 2. The van der Waals surface area contributed by atoms with Crippen molar-refractivity contribution in [3.8, 4) is 0 Å². The molecule has 1 N–H and O–H groups in total. The Hall–Kier alpha value is -2.33. The highest BCUT2D eigenvalue weighted by atomic mass is 35.5. The molecule has 3 aliphatic carbocycles. The molecule has 7 nitrogen and oxygen atoms in total. The van der Waals surface area contributed by atoms with Crippen LogP contribution in [0.3, 0.4) is 0 Å². The van der Waals surface area contributed by atoms with Crippen LogP contribution in [0.25, 0.3) is 5.52 Å². The highest BCUT2D eigenvalue weighted by Gasteiger charge is 2.51. The topological polar surface area (TPSA) is 78.2 Å². The third-order valence-electron chi connectivity index (χ3n) is 7.79. The van der Waals surface area contributed by atoms with E-state index in [9.17, 15) is 27.9 Å². The van der Waals surface area contributed by atoms with Crippen molar-refractivity contribution in [2.45, 2.75) is 70.1 Å². The number of rotatable bonds is 4. The van der Waals surface area contributed by atoms with Crippen molar-refractivity contribution in [1.29, 1.82) is 0 Å². The molecule has 0 bridgehead atoms. The molecular weight excluding hydrogens is 497 g/mol. The van der Waals surface area contributed by atoms with Crippen LogP contribution in [-0.2, 0) is 11.0 Å². The Morgan fingerprint density at radius 1 is 1.17 bits per heavy atom. The molecule has 3 unspecified atom stereocenters. The number of alkyl halides is 3. The number of carbonyl (C=O) groups is 2. The van der Waals surface area contributed by atoms with Crippen molar-refractivity contribution in [2.75, 3.05) is 19.7 Å². The summed E-state index contributed by atoms with van der Waals surface area (Å²) < 4.78 is 42.0. The van der Waals surface area contributed by atoms with Crippen molar-refractivity contribution >= 4 is 28.9 Å². The first-order chi connectivity index (χ1) is 17.2. The van der Waals surface area contributed by atoms with E-state index < -0.39 is 23.8 Å². The average molecular weight is 527 g/mol. The van der Waals surface area contributed by atoms with Crippen molar-refractivity contribution in [2.24, 2.45) is 11.8 Å². The summed E-state index contributed by atoms with van der Waals surface area (Å²) in [6.07, 6.45) is -0.0255. The molecule has 196 valence electrons. The average Bonchev–Trinajstić information content (AvgIpc) is 3.77. The minimum atomic E-state index is -4.68. The van der Waals surface area contributed by atoms with Gasteiger partial charge in [-0.25, -0.2) is 4.52 Å². The van der Waals surface area contributed by atoms with Crippen molar-refractivity contribution in [3.63, 3.8) is 0 Å². The summed E-state index contributed by atoms with van der Waals surface area (Å²) in [7, 11) is 0. The predicted molar refractivity (Wildman–Crippen MR) is 127 cm³/mol. The number of amides is 2. The lowest BCUT2D eigenvalue weighted by molar-refractivity contribution is -0.143. The molecule has 2 amide bonds. The van der Waals surface area contributed by atoms with Crippen LogP contribution in [0.5, 0.6) is 0 Å². The maximum atomic E-state index is 13.8. The summed E-state index contributed by atoms with van der Waals surface area (Å²) in [5, 5.41) is 13.8. The fourth-order valence-corrected chi connectivity index (χ4v) is 6.10. The number of nitrogens with zero attached hydrogens (tertiary/aromatic N) is 4. The van der Waals surface area contributed by atoms with Gasteiger partial charge in [0.1, 0.15) is 12.2 Å². The Morgan fingerprint density at radius 3 is 2.42 bits per heavy atom. The van der Waals surface area contributed by atoms with Gasteiger partial charge < -0.3 is 14.9 Å². The van der Waals surface area contributed by atoms with E-state index >= 15 is 0 Å². The van der Waals surface area contributed by atoms with Crippen molar-refractivity contribution in [1.82, 2.24) is 19.4 Å². The molecule has 3 saturated carbocycles. The molecule has 2 aromatic rings. The first kappa shape index (κ1) is 25.3. The number of hydrogen-bond donors (Lipinski definition) is 1. The van der Waals surface area contributed by atoms with Gasteiger partial charge in [0, 0.05) is 12.6 Å². The normalized spacial score (nSPS) is 27.7. The molecule has 11 heteroatoms. The van der Waals surface area contributed by atoms with E-state index in [-0.39, 0.29) is 53.8 Å². The molecule has 36 heavy (non-hydrogen) atoms. The number of piperazine rings is 1. The number of aliphatic hydroxyl groups is 1. The highest BCUT2D eigenvalue weighted by molar-refractivity contribution is 6.36. The Bertz CT molecular complexity index is 1190. The summed E-state index contributed by atoms with van der Waals surface area (Å²) in [6.45, 7) is 3.56. The molecule has 2 aromatic heterocycles. The number of pyridine rings is 1. The van der Waals surface area contributed by atoms with Crippen LogP contribution in [0.15, 0.2) is 12.1 Å². The maximum Gasteiger partial charge on any atom is 0.433 e. The minimum absolute atomic E-state index is 0.0237. The van der Waals surface area contributed by atoms with Crippen molar-refractivity contribution < 1.29 is 27.9 Å². The maximum absolute atomic E-state index is 13.8. The summed E-state index contributed by atoms with van der Waals surface area (Å²) in [5.41, 5.74) is -0.753. The zero-order valence-corrected chi connectivity index (χ0v) is 21.0. The van der Waals surface area contributed by atoms with Gasteiger partial charge in [-0.3, -0.25) is 9.59 Å². The molecule has 4 fully saturated rings. The molecular formula is C25H30ClF3N4O3. The van der Waals surface area contributed by atoms with Gasteiger partial charge in [0.2, 0.25) is 5.91 Å². The Morgan fingerprint density at radius 2 is 1.83 bits per heavy atom. The first-order valence-corrected chi connectivity index (χ1v) is 13.0. The van der Waals surface area contributed by atoms with E-state index in [1.54, 1.807) is 11.0 Å². The Kier molecular flexibility index (Phi) is 6.47. The second kappa shape index (κ2) is 9.20. The van der Waals surface area contributed by atoms with Crippen LogP contribution in [0.4, 0.5) is 13.2 Å². The van der Waals surface area contributed by atoms with Gasteiger partial charge in [-0.05, 0) is 67.6 Å². The van der Waals surface area contributed by atoms with Crippen molar-refractivity contribution in [3.05, 3.63) is 34.1 Å². The molecule has 1 aliphatic heterocycles. The summed E-state index contributed by atoms with van der Waals surface area (Å²) >= 11 is 6.41. The van der Waals surface area contributed by atoms with Gasteiger partial charge in [0.15, 0.2) is 5.69 Å². The van der Waals surface area contributed by atoms with Crippen LogP contribution < -0.4 is 0 Å². The fraction of sp³-hybridized carbons (Fsp3) is 0.640. The van der Waals surface area contributed by atoms with E-state index in [2.05, 4.69) is 5.10 Å². The van der Waals surface area contributed by atoms with Crippen LogP contribution in [0, 0.1) is 11.8 Å². The monoisotopic (exact) mass is 526 g/mol. The molecule has 1 saturated heterocycles. The number of fused-ring (bicyclic) bond motifs is 2. The summed E-state index contributed by atoms with van der Waals surface area (Å²) in [6, 6.07) is 2.14. The van der Waals surface area contributed by atoms with E-state index in [0.29, 0.717) is 21.9 Å². The fourth-order valence-electron chi connectivity index (χ4n) is 5.85. The van der Waals surface area contributed by atoms with Gasteiger partial charge in [-0.2, -0.15) is 18.3 Å².